The Labute approximate surface area is 92.4 Å². The first-order valence-electron chi connectivity index (χ1n) is 5.65. The molecule has 78 valence electrons. The van der Waals surface area contributed by atoms with Crippen LogP contribution in [0.4, 0.5) is 0 Å². The van der Waals surface area contributed by atoms with Crippen molar-refractivity contribution in [3.63, 3.8) is 0 Å². The minimum atomic E-state index is 0.588. The first-order chi connectivity index (χ1) is 7.27. The van der Waals surface area contributed by atoms with E-state index in [4.69, 9.17) is 0 Å². The van der Waals surface area contributed by atoms with E-state index in [-0.39, 0.29) is 0 Å². The molecular formula is C15H18. The van der Waals surface area contributed by atoms with Crippen LogP contribution in [0.15, 0.2) is 59.3 Å². The fraction of sp³-hybridized carbons (Fsp3) is 0.333. The van der Waals surface area contributed by atoms with Crippen molar-refractivity contribution >= 4 is 0 Å². The molecule has 2 aliphatic rings. The van der Waals surface area contributed by atoms with Gasteiger partial charge < -0.3 is 0 Å². The zero-order chi connectivity index (χ0) is 10.7. The fourth-order valence-corrected chi connectivity index (χ4v) is 2.14. The van der Waals surface area contributed by atoms with Gasteiger partial charge in [-0.05, 0) is 32.3 Å². The summed E-state index contributed by atoms with van der Waals surface area (Å²) in [5.74, 6) is 0.588. The van der Waals surface area contributed by atoms with Gasteiger partial charge in [0, 0.05) is 5.92 Å². The summed E-state index contributed by atoms with van der Waals surface area (Å²) in [7, 11) is 0. The minimum absolute atomic E-state index is 0.588. The number of allylic oxidation sites excluding steroid dienone is 10. The zero-order valence-corrected chi connectivity index (χ0v) is 9.53. The fourth-order valence-electron chi connectivity index (χ4n) is 2.14. The van der Waals surface area contributed by atoms with Gasteiger partial charge in [-0.15, -0.1) is 0 Å². The van der Waals surface area contributed by atoms with Crippen LogP contribution in [0.5, 0.6) is 0 Å². The smallest absolute Gasteiger partial charge is 0.00554 e. The molecule has 0 radical (unpaired) electrons. The normalized spacial score (nSPS) is 25.5. The number of hydrogen-bond acceptors (Lipinski definition) is 0. The van der Waals surface area contributed by atoms with Crippen LogP contribution in [0, 0.1) is 5.92 Å². The van der Waals surface area contributed by atoms with E-state index in [2.05, 4.69) is 56.4 Å². The molecule has 0 saturated carbocycles. The Morgan fingerprint density at radius 1 is 1.13 bits per heavy atom. The van der Waals surface area contributed by atoms with E-state index in [0.717, 1.165) is 12.8 Å². The first-order valence-corrected chi connectivity index (χ1v) is 5.65. The molecule has 0 aliphatic heterocycles. The lowest BCUT2D eigenvalue weighted by Gasteiger charge is -2.18. The van der Waals surface area contributed by atoms with Crippen LogP contribution >= 0.6 is 0 Å². The van der Waals surface area contributed by atoms with Crippen LogP contribution in [0.25, 0.3) is 0 Å². The topological polar surface area (TPSA) is 0 Å². The summed E-state index contributed by atoms with van der Waals surface area (Å²) in [6.07, 6.45) is 17.9. The Bertz CT molecular complexity index is 386. The highest BCUT2D eigenvalue weighted by Crippen LogP contribution is 2.28. The molecule has 0 aromatic heterocycles. The molecule has 0 nitrogen and oxygen atoms in total. The maximum Gasteiger partial charge on any atom is 0.00554 e. The lowest BCUT2D eigenvalue weighted by Crippen LogP contribution is -2.03. The number of rotatable bonds is 1. The van der Waals surface area contributed by atoms with Crippen molar-refractivity contribution in [2.24, 2.45) is 5.92 Å². The molecule has 0 bridgehead atoms. The second kappa shape index (κ2) is 4.48. The van der Waals surface area contributed by atoms with Gasteiger partial charge >= 0.3 is 0 Å². The van der Waals surface area contributed by atoms with Crippen molar-refractivity contribution in [1.29, 1.82) is 0 Å². The highest BCUT2D eigenvalue weighted by atomic mass is 14.2. The third kappa shape index (κ3) is 2.38. The number of hydrogen-bond donors (Lipinski definition) is 0. The van der Waals surface area contributed by atoms with Gasteiger partial charge in [0.2, 0.25) is 0 Å². The van der Waals surface area contributed by atoms with E-state index < -0.39 is 0 Å². The third-order valence-electron chi connectivity index (χ3n) is 3.12. The first kappa shape index (κ1) is 10.2. The second-order valence-electron chi connectivity index (χ2n) is 4.38. The summed E-state index contributed by atoms with van der Waals surface area (Å²) < 4.78 is 0. The summed E-state index contributed by atoms with van der Waals surface area (Å²) >= 11 is 0. The van der Waals surface area contributed by atoms with Crippen molar-refractivity contribution in [3.8, 4) is 0 Å². The molecule has 0 amide bonds. The van der Waals surface area contributed by atoms with E-state index >= 15 is 0 Å². The molecule has 2 rings (SSSR count). The highest BCUT2D eigenvalue weighted by molar-refractivity contribution is 5.38. The summed E-state index contributed by atoms with van der Waals surface area (Å²) in [5.41, 5.74) is 4.39. The summed E-state index contributed by atoms with van der Waals surface area (Å²) in [5, 5.41) is 0. The zero-order valence-electron chi connectivity index (χ0n) is 9.53. The molecule has 1 atom stereocenters. The van der Waals surface area contributed by atoms with Gasteiger partial charge in [0.1, 0.15) is 0 Å². The van der Waals surface area contributed by atoms with Gasteiger partial charge in [-0.2, -0.15) is 0 Å². The lowest BCUT2D eigenvalue weighted by molar-refractivity contribution is 0.766. The Kier molecular flexibility index (Phi) is 3.05. The molecular weight excluding hydrogens is 180 g/mol. The minimum Gasteiger partial charge on any atom is -0.0807 e. The Morgan fingerprint density at radius 2 is 2.00 bits per heavy atom. The monoisotopic (exact) mass is 198 g/mol. The van der Waals surface area contributed by atoms with Crippen LogP contribution < -0.4 is 0 Å². The summed E-state index contributed by atoms with van der Waals surface area (Å²) in [4.78, 5) is 0. The lowest BCUT2D eigenvalue weighted by atomic mass is 9.87. The molecule has 0 heteroatoms. The predicted octanol–water partition coefficient (Wildman–Crippen LogP) is 4.34. The van der Waals surface area contributed by atoms with Crippen LogP contribution in [0.2, 0.25) is 0 Å². The average molecular weight is 198 g/mol. The SMILES string of the molecule is CC1=CCC(C2=C(C)CC=CC=C2)C=C1. The second-order valence-corrected chi connectivity index (χ2v) is 4.38. The molecule has 0 fully saturated rings. The molecule has 2 aliphatic carbocycles. The van der Waals surface area contributed by atoms with Crippen molar-refractivity contribution in [3.05, 3.63) is 59.3 Å². The van der Waals surface area contributed by atoms with Gasteiger partial charge in [-0.3, -0.25) is 0 Å². The Balaban J connectivity index is 2.21. The maximum absolute atomic E-state index is 2.34. The highest BCUT2D eigenvalue weighted by Gasteiger charge is 2.13. The van der Waals surface area contributed by atoms with Gasteiger partial charge in [-0.1, -0.05) is 53.7 Å². The quantitative estimate of drug-likeness (QED) is 0.588. The standard InChI is InChI=1S/C15H18/c1-12-8-10-14(11-9-12)15-7-5-3-4-6-13(15)2/h3-5,7-10,14H,6,11H2,1-2H3. The predicted molar refractivity (Wildman–Crippen MR) is 66.6 cm³/mol. The molecule has 15 heavy (non-hydrogen) atoms. The van der Waals surface area contributed by atoms with Crippen molar-refractivity contribution in [2.75, 3.05) is 0 Å². The van der Waals surface area contributed by atoms with Crippen LogP contribution in [0.1, 0.15) is 26.7 Å². The summed E-state index contributed by atoms with van der Waals surface area (Å²) in [6, 6.07) is 0. The van der Waals surface area contributed by atoms with Crippen LogP contribution in [0.3, 0.4) is 0 Å². The van der Waals surface area contributed by atoms with Gasteiger partial charge in [-0.25, -0.2) is 0 Å². The van der Waals surface area contributed by atoms with E-state index in [1.54, 1.807) is 0 Å². The van der Waals surface area contributed by atoms with Crippen molar-refractivity contribution in [1.82, 2.24) is 0 Å². The van der Waals surface area contributed by atoms with E-state index in [1.807, 2.05) is 0 Å². The van der Waals surface area contributed by atoms with Crippen LogP contribution in [-0.4, -0.2) is 0 Å². The summed E-state index contributed by atoms with van der Waals surface area (Å²) in [6.45, 7) is 4.41. The van der Waals surface area contributed by atoms with Gasteiger partial charge in [0.25, 0.3) is 0 Å². The molecule has 0 N–H and O–H groups in total. The molecule has 1 unspecified atom stereocenters. The third-order valence-corrected chi connectivity index (χ3v) is 3.12. The van der Waals surface area contributed by atoms with Crippen molar-refractivity contribution < 1.29 is 0 Å². The molecule has 0 aromatic carbocycles. The maximum atomic E-state index is 2.34. The largest absolute Gasteiger partial charge is 0.0807 e. The molecule has 0 saturated heterocycles. The van der Waals surface area contributed by atoms with Gasteiger partial charge in [0.05, 0.1) is 0 Å². The van der Waals surface area contributed by atoms with E-state index in [1.165, 1.54) is 16.7 Å². The Hall–Kier alpha value is -1.30. The van der Waals surface area contributed by atoms with E-state index in [9.17, 15) is 0 Å². The van der Waals surface area contributed by atoms with E-state index in [0.29, 0.717) is 5.92 Å². The molecule has 0 aromatic rings. The average Bonchev–Trinajstić information content (AvgIpc) is 2.44. The van der Waals surface area contributed by atoms with Crippen LogP contribution in [-0.2, 0) is 0 Å². The van der Waals surface area contributed by atoms with Crippen molar-refractivity contribution in [2.45, 2.75) is 26.7 Å². The molecule has 0 heterocycles. The van der Waals surface area contributed by atoms with Gasteiger partial charge in [0.15, 0.2) is 0 Å². The Morgan fingerprint density at radius 3 is 2.73 bits per heavy atom. The molecule has 0 spiro atoms.